The molecule has 8 nitrogen and oxygen atoms in total. The van der Waals surface area contributed by atoms with E-state index in [0.717, 1.165) is 6.42 Å². The second-order valence-electron chi connectivity index (χ2n) is 6.24. The summed E-state index contributed by atoms with van der Waals surface area (Å²) in [6.07, 6.45) is 1.33. The first-order chi connectivity index (χ1) is 14.3. The number of rotatable bonds is 9. The average Bonchev–Trinajstić information content (AvgIpc) is 2.71. The summed E-state index contributed by atoms with van der Waals surface area (Å²) in [4.78, 5) is 33.9. The number of nitrogens with zero attached hydrogens (tertiary/aromatic N) is 1. The zero-order valence-electron chi connectivity index (χ0n) is 15.9. The molecular formula is C20H20ClN3O5S. The number of amides is 1. The number of hydrogen-bond acceptors (Lipinski definition) is 6. The lowest BCUT2D eigenvalue weighted by Gasteiger charge is -2.10. The largest absolute Gasteiger partial charge is 0.466 e. The first-order valence-electron chi connectivity index (χ1n) is 9.09. The number of esters is 1. The molecule has 0 unspecified atom stereocenters. The van der Waals surface area contributed by atoms with Crippen molar-refractivity contribution in [3.63, 3.8) is 0 Å². The Morgan fingerprint density at radius 3 is 2.57 bits per heavy atom. The molecule has 0 aliphatic heterocycles. The predicted molar refractivity (Wildman–Crippen MR) is 117 cm³/mol. The third-order valence-electron chi connectivity index (χ3n) is 3.93. The summed E-state index contributed by atoms with van der Waals surface area (Å²) in [5.74, 6) is -0.942. The maximum atomic E-state index is 11.9. The number of nitro groups is 1. The van der Waals surface area contributed by atoms with Crippen molar-refractivity contribution < 1.29 is 19.2 Å². The number of anilines is 1. The topological polar surface area (TPSA) is 111 Å². The summed E-state index contributed by atoms with van der Waals surface area (Å²) in [6.45, 7) is 0.282. The Hall–Kier alpha value is -3.04. The number of nitrogens with one attached hydrogen (secondary N) is 2. The average molecular weight is 450 g/mol. The molecule has 0 aromatic heterocycles. The van der Waals surface area contributed by atoms with Gasteiger partial charge in [0.25, 0.3) is 5.69 Å². The summed E-state index contributed by atoms with van der Waals surface area (Å²) in [5.41, 5.74) is 1.18. The van der Waals surface area contributed by atoms with Gasteiger partial charge in [-0.25, -0.2) is 0 Å². The van der Waals surface area contributed by atoms with E-state index < -0.39 is 16.8 Å². The van der Waals surface area contributed by atoms with E-state index in [9.17, 15) is 19.7 Å². The van der Waals surface area contributed by atoms with Gasteiger partial charge in [0.2, 0.25) is 5.91 Å². The van der Waals surface area contributed by atoms with E-state index in [-0.39, 0.29) is 35.3 Å². The van der Waals surface area contributed by atoms with Crippen LogP contribution in [0, 0.1) is 10.1 Å². The molecule has 0 aliphatic carbocycles. The molecule has 30 heavy (non-hydrogen) atoms. The lowest BCUT2D eigenvalue weighted by molar-refractivity contribution is -0.384. The smallest absolute Gasteiger partial charge is 0.306 e. The number of aryl methyl sites for hydroxylation is 1. The van der Waals surface area contributed by atoms with Crippen LogP contribution in [-0.4, -0.2) is 28.5 Å². The molecule has 0 fully saturated rings. The van der Waals surface area contributed by atoms with Gasteiger partial charge in [0.05, 0.1) is 18.0 Å². The fourth-order valence-electron chi connectivity index (χ4n) is 2.48. The number of nitro benzene ring substituents is 1. The van der Waals surface area contributed by atoms with Crippen molar-refractivity contribution >= 4 is 52.2 Å². The maximum Gasteiger partial charge on any atom is 0.306 e. The molecule has 1 amide bonds. The molecule has 0 saturated carbocycles. The molecule has 158 valence electrons. The number of carbonyl (C=O) groups is 2. The highest BCUT2D eigenvalue weighted by Gasteiger charge is 2.14. The summed E-state index contributed by atoms with van der Waals surface area (Å²) >= 11 is 10.7. The number of hydrogen-bond donors (Lipinski definition) is 2. The molecule has 10 heteroatoms. The molecule has 0 bridgehead atoms. The van der Waals surface area contributed by atoms with E-state index in [1.165, 1.54) is 23.8 Å². The molecule has 0 heterocycles. The molecule has 2 N–H and O–H groups in total. The molecular weight excluding hydrogens is 430 g/mol. The minimum absolute atomic E-state index is 0.0113. The van der Waals surface area contributed by atoms with Crippen LogP contribution in [0.2, 0.25) is 5.02 Å². The van der Waals surface area contributed by atoms with Gasteiger partial charge in [0.1, 0.15) is 5.02 Å². The summed E-state index contributed by atoms with van der Waals surface area (Å²) < 4.78 is 5.12. The monoisotopic (exact) mass is 449 g/mol. The van der Waals surface area contributed by atoms with Crippen molar-refractivity contribution in [2.24, 2.45) is 0 Å². The molecule has 2 rings (SSSR count). The lowest BCUT2D eigenvalue weighted by atomic mass is 10.1. The number of ether oxygens (including phenoxy) is 1. The number of benzene rings is 2. The summed E-state index contributed by atoms with van der Waals surface area (Å²) in [5, 5.41) is 15.9. The third kappa shape index (κ3) is 8.14. The van der Waals surface area contributed by atoms with Crippen LogP contribution in [0.5, 0.6) is 0 Å². The van der Waals surface area contributed by atoms with Gasteiger partial charge in [-0.05, 0) is 42.8 Å². The van der Waals surface area contributed by atoms with E-state index >= 15 is 0 Å². The number of carbonyl (C=O) groups excluding carboxylic acids is 2. The van der Waals surface area contributed by atoms with Gasteiger partial charge in [0, 0.05) is 18.2 Å². The quantitative estimate of drug-likeness (QED) is 0.195. The van der Waals surface area contributed by atoms with Crippen LogP contribution in [0.25, 0.3) is 0 Å². The Morgan fingerprint density at radius 2 is 1.87 bits per heavy atom. The molecule has 2 aromatic carbocycles. The molecule has 0 radical (unpaired) electrons. The molecule has 0 spiro atoms. The van der Waals surface area contributed by atoms with Crippen molar-refractivity contribution in [1.82, 2.24) is 5.32 Å². The van der Waals surface area contributed by atoms with Gasteiger partial charge in [-0.2, -0.15) is 0 Å². The normalized spacial score (nSPS) is 10.2. The summed E-state index contributed by atoms with van der Waals surface area (Å²) in [7, 11) is 0. The minimum atomic E-state index is -0.624. The van der Waals surface area contributed by atoms with Crippen molar-refractivity contribution in [1.29, 1.82) is 0 Å². The third-order valence-corrected chi connectivity index (χ3v) is 4.45. The Morgan fingerprint density at radius 1 is 1.13 bits per heavy atom. The maximum absolute atomic E-state index is 11.9. The van der Waals surface area contributed by atoms with Crippen LogP contribution in [0.1, 0.15) is 24.8 Å². The second-order valence-corrected chi connectivity index (χ2v) is 7.05. The van der Waals surface area contributed by atoms with Gasteiger partial charge >= 0.3 is 5.97 Å². The van der Waals surface area contributed by atoms with Crippen LogP contribution in [-0.2, 0) is 20.7 Å². The molecule has 0 aliphatic rings. The minimum Gasteiger partial charge on any atom is -0.466 e. The predicted octanol–water partition coefficient (Wildman–Crippen LogP) is 4.02. The Balaban J connectivity index is 1.66. The highest BCUT2D eigenvalue weighted by molar-refractivity contribution is 7.80. The van der Waals surface area contributed by atoms with Crippen molar-refractivity contribution in [3.8, 4) is 0 Å². The number of halogens is 1. The highest BCUT2D eigenvalue weighted by atomic mass is 35.5. The fourth-order valence-corrected chi connectivity index (χ4v) is 2.89. The van der Waals surface area contributed by atoms with Gasteiger partial charge in [-0.1, -0.05) is 41.9 Å². The number of thiocarbonyl (C=S) groups is 1. The Bertz CT molecular complexity index is 924. The standard InChI is InChI=1S/C20H20ClN3O5S/c21-16-9-8-15(13-17(16)24(27)28)22-20(30)23-18(25)10-11-19(26)29-12-4-7-14-5-2-1-3-6-14/h1-3,5-6,8-9,13H,4,7,10-12H2,(H2,22,23,25,30). The molecule has 2 aromatic rings. The van der Waals surface area contributed by atoms with Crippen molar-refractivity contribution in [2.45, 2.75) is 25.7 Å². The first-order valence-corrected chi connectivity index (χ1v) is 9.88. The molecule has 0 atom stereocenters. The van der Waals surface area contributed by atoms with Crippen LogP contribution in [0.4, 0.5) is 11.4 Å². The SMILES string of the molecule is O=C(CCC(=O)OCCCc1ccccc1)NC(=S)Nc1ccc(Cl)c([N+](=O)[O-])c1. The van der Waals surface area contributed by atoms with Gasteiger partial charge in [-0.15, -0.1) is 0 Å². The summed E-state index contributed by atoms with van der Waals surface area (Å²) in [6, 6.07) is 13.9. The van der Waals surface area contributed by atoms with Crippen LogP contribution >= 0.6 is 23.8 Å². The van der Waals surface area contributed by atoms with Crippen LogP contribution in [0.15, 0.2) is 48.5 Å². The first kappa shape index (κ1) is 23.2. The van der Waals surface area contributed by atoms with Crippen LogP contribution in [0.3, 0.4) is 0 Å². The van der Waals surface area contributed by atoms with Crippen molar-refractivity contribution in [2.75, 3.05) is 11.9 Å². The highest BCUT2D eigenvalue weighted by Crippen LogP contribution is 2.27. The van der Waals surface area contributed by atoms with Gasteiger partial charge in [-0.3, -0.25) is 19.7 Å². The second kappa shape index (κ2) is 11.8. The Kier molecular flexibility index (Phi) is 9.17. The van der Waals surface area contributed by atoms with Gasteiger partial charge < -0.3 is 15.4 Å². The van der Waals surface area contributed by atoms with Crippen molar-refractivity contribution in [3.05, 3.63) is 69.2 Å². The zero-order chi connectivity index (χ0) is 21.9. The fraction of sp³-hybridized carbons (Fsp3) is 0.250. The van der Waals surface area contributed by atoms with E-state index in [1.807, 2.05) is 30.3 Å². The van der Waals surface area contributed by atoms with E-state index in [2.05, 4.69) is 10.6 Å². The van der Waals surface area contributed by atoms with E-state index in [4.69, 9.17) is 28.6 Å². The van der Waals surface area contributed by atoms with E-state index in [0.29, 0.717) is 12.1 Å². The zero-order valence-corrected chi connectivity index (χ0v) is 17.5. The lowest BCUT2D eigenvalue weighted by Crippen LogP contribution is -2.34. The van der Waals surface area contributed by atoms with E-state index in [1.54, 1.807) is 0 Å². The Labute approximate surface area is 183 Å². The van der Waals surface area contributed by atoms with Gasteiger partial charge in [0.15, 0.2) is 5.11 Å². The van der Waals surface area contributed by atoms with Crippen LogP contribution < -0.4 is 10.6 Å². The molecule has 0 saturated heterocycles.